The third-order valence-corrected chi connectivity index (χ3v) is 7.73. The van der Waals surface area contributed by atoms with Gasteiger partial charge in [-0.05, 0) is 41.8 Å². The molecule has 4 aromatic rings. The molecule has 3 aromatic carbocycles. The molecule has 0 fully saturated rings. The molecule has 0 saturated carbocycles. The number of hydrogen-bond donors (Lipinski definition) is 0. The van der Waals surface area contributed by atoms with Crippen molar-refractivity contribution in [3.8, 4) is 17.6 Å². The van der Waals surface area contributed by atoms with Crippen molar-refractivity contribution in [2.24, 2.45) is 4.99 Å². The van der Waals surface area contributed by atoms with Crippen molar-refractivity contribution in [3.05, 3.63) is 126 Å². The summed E-state index contributed by atoms with van der Waals surface area (Å²) >= 11 is 1.25. The third-order valence-electron chi connectivity index (χ3n) is 6.75. The molecule has 0 amide bonds. The van der Waals surface area contributed by atoms with Gasteiger partial charge in [-0.25, -0.2) is 9.79 Å². The van der Waals surface area contributed by atoms with Gasteiger partial charge in [0.25, 0.3) is 5.56 Å². The Balaban J connectivity index is 1.63. The number of para-hydroxylation sites is 1. The lowest BCUT2D eigenvalue weighted by Crippen LogP contribution is -2.40. The van der Waals surface area contributed by atoms with Crippen LogP contribution in [-0.2, 0) is 16.1 Å². The van der Waals surface area contributed by atoms with Gasteiger partial charge in [-0.15, -0.1) is 0 Å². The lowest BCUT2D eigenvalue weighted by molar-refractivity contribution is -0.136. The van der Waals surface area contributed by atoms with Crippen molar-refractivity contribution in [3.63, 3.8) is 0 Å². The van der Waals surface area contributed by atoms with Crippen LogP contribution in [0, 0.1) is 11.3 Å². The summed E-state index contributed by atoms with van der Waals surface area (Å²) in [7, 11) is 2.89. The highest BCUT2D eigenvalue weighted by Crippen LogP contribution is 2.33. The summed E-state index contributed by atoms with van der Waals surface area (Å²) in [6.07, 6.45) is 2.26. The third kappa shape index (κ3) is 5.42. The summed E-state index contributed by atoms with van der Waals surface area (Å²) in [6.45, 7) is 2.16. The van der Waals surface area contributed by atoms with E-state index in [0.717, 1.165) is 11.1 Å². The van der Waals surface area contributed by atoms with Crippen LogP contribution in [0.1, 0.15) is 41.6 Å². The van der Waals surface area contributed by atoms with Crippen molar-refractivity contribution in [1.82, 2.24) is 4.57 Å². The maximum absolute atomic E-state index is 14.0. The van der Waals surface area contributed by atoms with Crippen LogP contribution in [0.2, 0.25) is 0 Å². The predicted octanol–water partition coefficient (Wildman–Crippen LogP) is 4.26. The molecule has 9 heteroatoms. The Morgan fingerprint density at radius 3 is 2.49 bits per heavy atom. The molecule has 0 radical (unpaired) electrons. The number of rotatable bonds is 8. The maximum atomic E-state index is 14.0. The van der Waals surface area contributed by atoms with Gasteiger partial charge in [-0.3, -0.25) is 9.36 Å². The molecular formula is C32H27N3O5S. The molecule has 0 spiro atoms. The Morgan fingerprint density at radius 2 is 1.83 bits per heavy atom. The van der Waals surface area contributed by atoms with Crippen LogP contribution in [-0.4, -0.2) is 24.8 Å². The first-order valence-corrected chi connectivity index (χ1v) is 13.8. The van der Waals surface area contributed by atoms with E-state index < -0.39 is 12.0 Å². The van der Waals surface area contributed by atoms with E-state index in [-0.39, 0.29) is 12.2 Å². The van der Waals surface area contributed by atoms with Gasteiger partial charge in [0.05, 0.1) is 47.7 Å². The number of carbonyl (C=O) groups is 1. The van der Waals surface area contributed by atoms with E-state index in [1.54, 1.807) is 36.0 Å². The number of thiazole rings is 1. The van der Waals surface area contributed by atoms with Crippen molar-refractivity contribution >= 4 is 23.4 Å². The monoisotopic (exact) mass is 565 g/mol. The summed E-state index contributed by atoms with van der Waals surface area (Å²) in [4.78, 5) is 32.2. The van der Waals surface area contributed by atoms with E-state index in [9.17, 15) is 9.59 Å². The SMILES string of the molecule is CCC1=C(C(=O)OC)[C@H](c2ccccc2)n2c(s/c(=C/c3cccc(OC)c3OCc3ccc(C#N)cc3)c2=O)=N1. The smallest absolute Gasteiger partial charge is 0.338 e. The highest BCUT2D eigenvalue weighted by molar-refractivity contribution is 7.07. The Bertz CT molecular complexity index is 1850. The molecule has 41 heavy (non-hydrogen) atoms. The topological polar surface area (TPSA) is 103 Å². The molecule has 8 nitrogen and oxygen atoms in total. The summed E-state index contributed by atoms with van der Waals surface area (Å²) in [5, 5.41) is 9.07. The fourth-order valence-corrected chi connectivity index (χ4v) is 5.76. The Hall–Kier alpha value is -4.94. The number of nitriles is 1. The molecule has 1 aliphatic heterocycles. The summed E-state index contributed by atoms with van der Waals surface area (Å²) < 4.78 is 18.9. The molecule has 5 rings (SSSR count). The number of benzene rings is 3. The Labute approximate surface area is 240 Å². The lowest BCUT2D eigenvalue weighted by atomic mass is 9.95. The number of carbonyl (C=O) groups excluding carboxylic acids is 1. The molecule has 0 unspecified atom stereocenters. The quantitative estimate of drug-likeness (QED) is 0.296. The normalized spacial score (nSPS) is 14.6. The van der Waals surface area contributed by atoms with Gasteiger partial charge in [-0.1, -0.05) is 72.9 Å². The van der Waals surface area contributed by atoms with Gasteiger partial charge in [0, 0.05) is 5.56 Å². The molecule has 0 aliphatic carbocycles. The summed E-state index contributed by atoms with van der Waals surface area (Å²) in [5.74, 6) is 0.484. The van der Waals surface area contributed by atoms with Crippen molar-refractivity contribution in [2.75, 3.05) is 14.2 Å². The fourth-order valence-electron chi connectivity index (χ4n) is 4.75. The van der Waals surface area contributed by atoms with Crippen LogP contribution in [0.4, 0.5) is 0 Å². The number of nitrogens with zero attached hydrogens (tertiary/aromatic N) is 3. The van der Waals surface area contributed by atoms with Crippen LogP contribution in [0.15, 0.2) is 93.9 Å². The maximum Gasteiger partial charge on any atom is 0.338 e. The second-order valence-corrected chi connectivity index (χ2v) is 10.2. The molecule has 0 N–H and O–H groups in total. The Kier molecular flexibility index (Phi) is 8.13. The van der Waals surface area contributed by atoms with Crippen LogP contribution >= 0.6 is 11.3 Å². The number of methoxy groups -OCH3 is 2. The zero-order valence-electron chi connectivity index (χ0n) is 22.8. The fraction of sp³-hybridized carbons (Fsp3) is 0.188. The molecule has 1 aromatic heterocycles. The minimum Gasteiger partial charge on any atom is -0.493 e. The molecule has 1 atom stereocenters. The minimum absolute atomic E-state index is 0.241. The van der Waals surface area contributed by atoms with E-state index in [0.29, 0.717) is 49.7 Å². The molecule has 206 valence electrons. The number of allylic oxidation sites excluding steroid dienone is 1. The first kappa shape index (κ1) is 27.6. The summed E-state index contributed by atoms with van der Waals surface area (Å²) in [6, 6.07) is 23.5. The first-order valence-electron chi connectivity index (χ1n) is 13.0. The zero-order chi connectivity index (χ0) is 28.9. The van der Waals surface area contributed by atoms with Crippen LogP contribution in [0.3, 0.4) is 0 Å². The van der Waals surface area contributed by atoms with E-state index in [1.165, 1.54) is 18.4 Å². The average Bonchev–Trinajstić information content (AvgIpc) is 3.33. The van der Waals surface area contributed by atoms with E-state index in [2.05, 4.69) is 6.07 Å². The predicted molar refractivity (Wildman–Crippen MR) is 155 cm³/mol. The van der Waals surface area contributed by atoms with Gasteiger partial charge in [0.1, 0.15) is 6.61 Å². The molecule has 2 heterocycles. The zero-order valence-corrected chi connectivity index (χ0v) is 23.6. The molecular weight excluding hydrogens is 538 g/mol. The van der Waals surface area contributed by atoms with Crippen molar-refractivity contribution in [2.45, 2.75) is 26.0 Å². The van der Waals surface area contributed by atoms with Crippen LogP contribution in [0.25, 0.3) is 6.08 Å². The lowest BCUT2D eigenvalue weighted by Gasteiger charge is -2.25. The second kappa shape index (κ2) is 12.1. The highest BCUT2D eigenvalue weighted by atomic mass is 32.1. The van der Waals surface area contributed by atoms with Crippen LogP contribution < -0.4 is 24.4 Å². The van der Waals surface area contributed by atoms with Gasteiger partial charge >= 0.3 is 5.97 Å². The number of aromatic nitrogens is 1. The van der Waals surface area contributed by atoms with Crippen molar-refractivity contribution in [1.29, 1.82) is 5.26 Å². The van der Waals surface area contributed by atoms with E-state index in [4.69, 9.17) is 24.5 Å². The van der Waals surface area contributed by atoms with Gasteiger partial charge in [-0.2, -0.15) is 5.26 Å². The number of ether oxygens (including phenoxy) is 3. The Morgan fingerprint density at radius 1 is 1.07 bits per heavy atom. The number of fused-ring (bicyclic) bond motifs is 1. The first-order chi connectivity index (χ1) is 20.0. The molecule has 0 saturated heterocycles. The number of esters is 1. The second-order valence-electron chi connectivity index (χ2n) is 9.17. The van der Waals surface area contributed by atoms with E-state index in [1.807, 2.05) is 61.5 Å². The molecule has 0 bridgehead atoms. The minimum atomic E-state index is -0.672. The average molecular weight is 566 g/mol. The molecule has 1 aliphatic rings. The highest BCUT2D eigenvalue weighted by Gasteiger charge is 2.33. The van der Waals surface area contributed by atoms with Gasteiger partial charge < -0.3 is 14.2 Å². The van der Waals surface area contributed by atoms with E-state index >= 15 is 0 Å². The van der Waals surface area contributed by atoms with Crippen LogP contribution in [0.5, 0.6) is 11.5 Å². The van der Waals surface area contributed by atoms with Gasteiger partial charge in [0.15, 0.2) is 16.3 Å². The van der Waals surface area contributed by atoms with Gasteiger partial charge in [0.2, 0.25) is 0 Å². The number of hydrogen-bond acceptors (Lipinski definition) is 8. The van der Waals surface area contributed by atoms with Crippen molar-refractivity contribution < 1.29 is 19.0 Å². The summed E-state index contributed by atoms with van der Waals surface area (Å²) in [5.41, 5.74) is 3.55. The standard InChI is InChI=1S/C32H27N3O5S/c1-4-24-27(31(37)39-3)28(22-9-6-5-7-10-22)35-30(36)26(41-32(35)34-24)17-23-11-8-12-25(38-2)29(23)40-19-21-15-13-20(18-33)14-16-21/h5-17,28H,4,19H2,1-3H3/b26-17+/t28-/m0/s1. The largest absolute Gasteiger partial charge is 0.493 e.